The topological polar surface area (TPSA) is 41.6 Å². The second-order valence-corrected chi connectivity index (χ2v) is 4.01. The van der Waals surface area contributed by atoms with E-state index in [0.717, 1.165) is 13.1 Å². The fourth-order valence-electron chi connectivity index (χ4n) is 2.12. The average Bonchev–Trinajstić information content (AvgIpc) is 2.62. The van der Waals surface area contributed by atoms with Crippen molar-refractivity contribution in [1.82, 2.24) is 4.90 Å². The Labute approximate surface area is 96.3 Å². The number of aryl methyl sites for hydroxylation is 1. The smallest absolute Gasteiger partial charge is 0.192 e. The van der Waals surface area contributed by atoms with Crippen molar-refractivity contribution in [3.8, 4) is 0 Å². The zero-order valence-corrected chi connectivity index (χ0v) is 9.56. The summed E-state index contributed by atoms with van der Waals surface area (Å²) >= 11 is 0. The Morgan fingerprint density at radius 1 is 1.56 bits per heavy atom. The standard InChI is InChI=1S/C13H17N3/c1-3-8-16-12(9-15-13(16)14)11-7-5-4-6-10(11)2/h3-7,12H,1,8-9H2,2H3,(H2,14,15). The van der Waals surface area contributed by atoms with E-state index in [1.165, 1.54) is 11.1 Å². The third-order valence-electron chi connectivity index (χ3n) is 2.97. The van der Waals surface area contributed by atoms with Crippen molar-refractivity contribution in [2.75, 3.05) is 13.1 Å². The van der Waals surface area contributed by atoms with Crippen LogP contribution in [0.25, 0.3) is 0 Å². The lowest BCUT2D eigenvalue weighted by Crippen LogP contribution is -2.36. The van der Waals surface area contributed by atoms with Gasteiger partial charge in [0.25, 0.3) is 0 Å². The van der Waals surface area contributed by atoms with Crippen LogP contribution in [-0.4, -0.2) is 23.9 Å². The van der Waals surface area contributed by atoms with Crippen LogP contribution in [-0.2, 0) is 0 Å². The van der Waals surface area contributed by atoms with E-state index < -0.39 is 0 Å². The van der Waals surface area contributed by atoms with Crippen LogP contribution < -0.4 is 5.73 Å². The highest BCUT2D eigenvalue weighted by Crippen LogP contribution is 2.27. The highest BCUT2D eigenvalue weighted by Gasteiger charge is 2.27. The maximum atomic E-state index is 5.87. The van der Waals surface area contributed by atoms with Crippen molar-refractivity contribution in [1.29, 1.82) is 0 Å². The Kier molecular flexibility index (Phi) is 2.95. The predicted octanol–water partition coefficient (Wildman–Crippen LogP) is 1.85. The molecule has 16 heavy (non-hydrogen) atoms. The van der Waals surface area contributed by atoms with Crippen molar-refractivity contribution in [2.24, 2.45) is 10.7 Å². The molecule has 0 spiro atoms. The predicted molar refractivity (Wildman–Crippen MR) is 67.3 cm³/mol. The SMILES string of the molecule is C=CCN1C(N)=NCC1c1ccccc1C. The van der Waals surface area contributed by atoms with Gasteiger partial charge in [-0.15, -0.1) is 6.58 Å². The lowest BCUT2D eigenvalue weighted by Gasteiger charge is -2.26. The van der Waals surface area contributed by atoms with Gasteiger partial charge in [0.15, 0.2) is 5.96 Å². The van der Waals surface area contributed by atoms with E-state index in [1.54, 1.807) is 0 Å². The van der Waals surface area contributed by atoms with E-state index in [9.17, 15) is 0 Å². The molecule has 0 bridgehead atoms. The minimum Gasteiger partial charge on any atom is -0.370 e. The molecule has 0 radical (unpaired) electrons. The summed E-state index contributed by atoms with van der Waals surface area (Å²) in [5.74, 6) is 0.619. The molecule has 1 aromatic carbocycles. The first kappa shape index (κ1) is 10.7. The quantitative estimate of drug-likeness (QED) is 0.782. The van der Waals surface area contributed by atoms with E-state index in [2.05, 4.69) is 47.7 Å². The Morgan fingerprint density at radius 3 is 3.00 bits per heavy atom. The van der Waals surface area contributed by atoms with Gasteiger partial charge >= 0.3 is 0 Å². The van der Waals surface area contributed by atoms with E-state index >= 15 is 0 Å². The number of rotatable bonds is 3. The van der Waals surface area contributed by atoms with E-state index in [1.807, 2.05) is 6.08 Å². The average molecular weight is 215 g/mol. The number of hydrogen-bond acceptors (Lipinski definition) is 3. The third-order valence-corrected chi connectivity index (χ3v) is 2.97. The number of guanidine groups is 1. The van der Waals surface area contributed by atoms with Crippen LogP contribution in [0.2, 0.25) is 0 Å². The largest absolute Gasteiger partial charge is 0.370 e. The van der Waals surface area contributed by atoms with Crippen molar-refractivity contribution in [3.05, 3.63) is 48.0 Å². The van der Waals surface area contributed by atoms with Crippen LogP contribution in [0.4, 0.5) is 0 Å². The van der Waals surface area contributed by atoms with Crippen molar-refractivity contribution in [3.63, 3.8) is 0 Å². The summed E-state index contributed by atoms with van der Waals surface area (Å²) < 4.78 is 0. The molecule has 1 unspecified atom stereocenters. The van der Waals surface area contributed by atoms with Crippen LogP contribution in [0.3, 0.4) is 0 Å². The molecule has 1 aliphatic rings. The summed E-state index contributed by atoms with van der Waals surface area (Å²) in [7, 11) is 0. The monoisotopic (exact) mass is 215 g/mol. The molecular formula is C13H17N3. The summed E-state index contributed by atoms with van der Waals surface area (Å²) in [5.41, 5.74) is 8.45. The van der Waals surface area contributed by atoms with Crippen molar-refractivity contribution < 1.29 is 0 Å². The lowest BCUT2D eigenvalue weighted by molar-refractivity contribution is 0.379. The molecule has 2 rings (SSSR count). The zero-order valence-electron chi connectivity index (χ0n) is 9.56. The molecule has 0 aromatic heterocycles. The fraction of sp³-hybridized carbons (Fsp3) is 0.308. The second kappa shape index (κ2) is 4.39. The van der Waals surface area contributed by atoms with Crippen LogP contribution in [0, 0.1) is 6.92 Å². The van der Waals surface area contributed by atoms with Gasteiger partial charge in [-0.1, -0.05) is 30.3 Å². The van der Waals surface area contributed by atoms with Crippen LogP contribution in [0.5, 0.6) is 0 Å². The molecule has 3 heteroatoms. The van der Waals surface area contributed by atoms with Crippen LogP contribution >= 0.6 is 0 Å². The first-order valence-electron chi connectivity index (χ1n) is 5.47. The molecule has 0 saturated heterocycles. The number of hydrogen-bond donors (Lipinski definition) is 1. The normalized spacial score (nSPS) is 19.7. The summed E-state index contributed by atoms with van der Waals surface area (Å²) in [6.07, 6.45) is 1.86. The maximum Gasteiger partial charge on any atom is 0.192 e. The lowest BCUT2D eigenvalue weighted by atomic mass is 10.0. The third kappa shape index (κ3) is 1.81. The molecule has 1 aromatic rings. The molecule has 0 fully saturated rings. The first-order valence-corrected chi connectivity index (χ1v) is 5.47. The van der Waals surface area contributed by atoms with Crippen LogP contribution in [0.1, 0.15) is 17.2 Å². The zero-order chi connectivity index (χ0) is 11.5. The van der Waals surface area contributed by atoms with Gasteiger partial charge in [-0.05, 0) is 18.1 Å². The Balaban J connectivity index is 2.29. The number of benzene rings is 1. The molecule has 2 N–H and O–H groups in total. The molecule has 84 valence electrons. The minimum atomic E-state index is 0.263. The minimum absolute atomic E-state index is 0.263. The van der Waals surface area contributed by atoms with Gasteiger partial charge in [0.2, 0.25) is 0 Å². The number of nitrogens with zero attached hydrogens (tertiary/aromatic N) is 2. The summed E-state index contributed by atoms with van der Waals surface area (Å²) in [6, 6.07) is 8.64. The van der Waals surface area contributed by atoms with Crippen molar-refractivity contribution in [2.45, 2.75) is 13.0 Å². The summed E-state index contributed by atoms with van der Waals surface area (Å²) in [5, 5.41) is 0. The van der Waals surface area contributed by atoms with E-state index in [4.69, 9.17) is 5.73 Å². The van der Waals surface area contributed by atoms with Gasteiger partial charge in [-0.3, -0.25) is 4.99 Å². The Hall–Kier alpha value is -1.77. The van der Waals surface area contributed by atoms with Gasteiger partial charge in [0.1, 0.15) is 0 Å². The molecular weight excluding hydrogens is 198 g/mol. The molecule has 0 amide bonds. The Bertz CT molecular complexity index is 423. The summed E-state index contributed by atoms with van der Waals surface area (Å²) in [6.45, 7) is 7.36. The number of nitrogens with two attached hydrogens (primary N) is 1. The maximum absolute atomic E-state index is 5.87. The second-order valence-electron chi connectivity index (χ2n) is 4.01. The van der Waals surface area contributed by atoms with Gasteiger partial charge in [-0.25, -0.2) is 0 Å². The molecule has 1 heterocycles. The molecule has 0 aliphatic carbocycles. The molecule has 0 saturated carbocycles. The molecule has 1 aliphatic heterocycles. The first-order chi connectivity index (χ1) is 7.74. The van der Waals surface area contributed by atoms with Gasteiger partial charge in [0, 0.05) is 6.54 Å². The van der Waals surface area contributed by atoms with E-state index in [-0.39, 0.29) is 6.04 Å². The van der Waals surface area contributed by atoms with E-state index in [0.29, 0.717) is 5.96 Å². The number of aliphatic imine (C=N–C) groups is 1. The van der Waals surface area contributed by atoms with Crippen LogP contribution in [0.15, 0.2) is 41.9 Å². The van der Waals surface area contributed by atoms with Crippen molar-refractivity contribution >= 4 is 5.96 Å². The highest BCUT2D eigenvalue weighted by atomic mass is 15.3. The molecule has 3 nitrogen and oxygen atoms in total. The van der Waals surface area contributed by atoms with Gasteiger partial charge in [0.05, 0.1) is 12.6 Å². The molecule has 1 atom stereocenters. The highest BCUT2D eigenvalue weighted by molar-refractivity contribution is 5.80. The Morgan fingerprint density at radius 2 is 2.31 bits per heavy atom. The van der Waals surface area contributed by atoms with Gasteiger partial charge in [-0.2, -0.15) is 0 Å². The fourth-order valence-corrected chi connectivity index (χ4v) is 2.12. The summed E-state index contributed by atoms with van der Waals surface area (Å²) in [4.78, 5) is 6.40. The van der Waals surface area contributed by atoms with Gasteiger partial charge < -0.3 is 10.6 Å².